The van der Waals surface area contributed by atoms with Crippen LogP contribution in [-0.2, 0) is 11.3 Å². The highest BCUT2D eigenvalue weighted by atomic mass is 19.1. The van der Waals surface area contributed by atoms with Crippen LogP contribution in [0.3, 0.4) is 0 Å². The zero-order valence-corrected chi connectivity index (χ0v) is 8.00. The fourth-order valence-electron chi connectivity index (χ4n) is 0.992. The Hall–Kier alpha value is -1.13. The highest BCUT2D eigenvalue weighted by Crippen LogP contribution is 2.18. The Morgan fingerprint density at radius 3 is 2.79 bits per heavy atom. The van der Waals surface area contributed by atoms with Gasteiger partial charge in [0.15, 0.2) is 11.6 Å². The van der Waals surface area contributed by atoms with Gasteiger partial charge in [-0.2, -0.15) is 0 Å². The summed E-state index contributed by atoms with van der Waals surface area (Å²) in [6, 6.07) is 4.26. The highest BCUT2D eigenvalue weighted by molar-refractivity contribution is 5.29. The van der Waals surface area contributed by atoms with Crippen molar-refractivity contribution >= 4 is 0 Å². The van der Waals surface area contributed by atoms with Gasteiger partial charge in [-0.3, -0.25) is 0 Å². The number of methoxy groups -OCH3 is 1. The number of aliphatic hydroxyl groups excluding tert-OH is 1. The summed E-state index contributed by atoms with van der Waals surface area (Å²) < 4.78 is 23.0. The summed E-state index contributed by atoms with van der Waals surface area (Å²) >= 11 is 0. The molecule has 3 nitrogen and oxygen atoms in total. The zero-order chi connectivity index (χ0) is 10.4. The van der Waals surface area contributed by atoms with E-state index in [1.165, 1.54) is 18.2 Å². The standard InChI is InChI=1S/C10H13FO3/c1-13-4-5-14-10-6-8(7-12)2-3-9(10)11/h2-3,6,12H,4-5,7H2,1H3. The van der Waals surface area contributed by atoms with Crippen LogP contribution in [-0.4, -0.2) is 25.4 Å². The number of benzene rings is 1. The molecular weight excluding hydrogens is 187 g/mol. The van der Waals surface area contributed by atoms with Crippen LogP contribution in [0.5, 0.6) is 5.75 Å². The van der Waals surface area contributed by atoms with Crippen molar-refractivity contribution in [3.05, 3.63) is 29.6 Å². The van der Waals surface area contributed by atoms with Crippen molar-refractivity contribution in [3.63, 3.8) is 0 Å². The summed E-state index contributed by atoms with van der Waals surface area (Å²) in [5, 5.41) is 8.82. The first-order valence-electron chi connectivity index (χ1n) is 4.29. The minimum Gasteiger partial charge on any atom is -0.488 e. The van der Waals surface area contributed by atoms with Gasteiger partial charge in [-0.15, -0.1) is 0 Å². The van der Waals surface area contributed by atoms with Gasteiger partial charge in [0, 0.05) is 7.11 Å². The predicted molar refractivity (Wildman–Crippen MR) is 49.7 cm³/mol. The Bertz CT molecular complexity index is 289. The van der Waals surface area contributed by atoms with Crippen LogP contribution in [0.25, 0.3) is 0 Å². The molecule has 0 aliphatic carbocycles. The lowest BCUT2D eigenvalue weighted by Gasteiger charge is -2.07. The van der Waals surface area contributed by atoms with E-state index in [1.807, 2.05) is 0 Å². The molecule has 0 amide bonds. The van der Waals surface area contributed by atoms with Crippen LogP contribution in [0, 0.1) is 5.82 Å². The minimum atomic E-state index is -0.432. The Morgan fingerprint density at radius 1 is 1.36 bits per heavy atom. The first kappa shape index (κ1) is 10.9. The Labute approximate surface area is 82.1 Å². The van der Waals surface area contributed by atoms with Crippen molar-refractivity contribution in [2.24, 2.45) is 0 Å². The molecule has 0 bridgehead atoms. The molecule has 1 N–H and O–H groups in total. The molecule has 0 heterocycles. The summed E-state index contributed by atoms with van der Waals surface area (Å²) in [6.45, 7) is 0.575. The molecule has 0 spiro atoms. The molecule has 0 radical (unpaired) electrons. The molecule has 0 atom stereocenters. The largest absolute Gasteiger partial charge is 0.488 e. The maximum atomic E-state index is 13.1. The van der Waals surface area contributed by atoms with Crippen LogP contribution < -0.4 is 4.74 Å². The van der Waals surface area contributed by atoms with Crippen molar-refractivity contribution < 1.29 is 19.0 Å². The number of halogens is 1. The second kappa shape index (κ2) is 5.57. The van der Waals surface area contributed by atoms with E-state index >= 15 is 0 Å². The van der Waals surface area contributed by atoms with Crippen molar-refractivity contribution in [3.8, 4) is 5.75 Å². The summed E-state index contributed by atoms with van der Waals surface area (Å²) in [7, 11) is 1.55. The Morgan fingerprint density at radius 2 is 2.14 bits per heavy atom. The SMILES string of the molecule is COCCOc1cc(CO)ccc1F. The fraction of sp³-hybridized carbons (Fsp3) is 0.400. The monoisotopic (exact) mass is 200 g/mol. The Kier molecular flexibility index (Phi) is 4.35. The van der Waals surface area contributed by atoms with Crippen LogP contribution in [0.2, 0.25) is 0 Å². The average Bonchev–Trinajstić information content (AvgIpc) is 2.21. The van der Waals surface area contributed by atoms with E-state index in [0.29, 0.717) is 18.8 Å². The molecule has 0 aromatic heterocycles. The normalized spacial score (nSPS) is 10.2. The first-order chi connectivity index (χ1) is 6.77. The summed E-state index contributed by atoms with van der Waals surface area (Å²) in [5.74, 6) is -0.285. The van der Waals surface area contributed by atoms with Gasteiger partial charge in [0.1, 0.15) is 6.61 Å². The Balaban J connectivity index is 2.64. The summed E-state index contributed by atoms with van der Waals surface area (Å²) in [6.07, 6.45) is 0. The topological polar surface area (TPSA) is 38.7 Å². The molecule has 0 aliphatic heterocycles. The molecule has 0 saturated heterocycles. The number of hydrogen-bond acceptors (Lipinski definition) is 3. The lowest BCUT2D eigenvalue weighted by molar-refractivity contribution is 0.143. The highest BCUT2D eigenvalue weighted by Gasteiger charge is 2.03. The van der Waals surface area contributed by atoms with E-state index in [1.54, 1.807) is 7.11 Å². The van der Waals surface area contributed by atoms with Gasteiger partial charge in [-0.25, -0.2) is 4.39 Å². The molecule has 1 aromatic carbocycles. The summed E-state index contributed by atoms with van der Waals surface area (Å²) in [4.78, 5) is 0. The van der Waals surface area contributed by atoms with Gasteiger partial charge in [-0.1, -0.05) is 6.07 Å². The average molecular weight is 200 g/mol. The lowest BCUT2D eigenvalue weighted by Crippen LogP contribution is -2.05. The molecule has 78 valence electrons. The molecule has 0 saturated carbocycles. The van der Waals surface area contributed by atoms with E-state index in [-0.39, 0.29) is 12.4 Å². The van der Waals surface area contributed by atoms with Crippen molar-refractivity contribution in [1.82, 2.24) is 0 Å². The molecule has 0 fully saturated rings. The van der Waals surface area contributed by atoms with Crippen molar-refractivity contribution in [1.29, 1.82) is 0 Å². The quantitative estimate of drug-likeness (QED) is 0.729. The molecule has 4 heteroatoms. The summed E-state index contributed by atoms with van der Waals surface area (Å²) in [5.41, 5.74) is 0.624. The van der Waals surface area contributed by atoms with Crippen LogP contribution >= 0.6 is 0 Å². The molecule has 0 unspecified atom stereocenters. The lowest BCUT2D eigenvalue weighted by atomic mass is 10.2. The molecule has 1 aromatic rings. The van der Waals surface area contributed by atoms with E-state index in [0.717, 1.165) is 0 Å². The molecule has 1 rings (SSSR count). The van der Waals surface area contributed by atoms with E-state index < -0.39 is 5.82 Å². The van der Waals surface area contributed by atoms with Crippen molar-refractivity contribution in [2.75, 3.05) is 20.3 Å². The third kappa shape index (κ3) is 2.97. The number of hydrogen-bond donors (Lipinski definition) is 1. The number of rotatable bonds is 5. The van der Waals surface area contributed by atoms with Crippen LogP contribution in [0.1, 0.15) is 5.56 Å². The second-order valence-electron chi connectivity index (χ2n) is 2.76. The zero-order valence-electron chi connectivity index (χ0n) is 8.00. The minimum absolute atomic E-state index is 0.124. The van der Waals surface area contributed by atoms with Gasteiger partial charge < -0.3 is 14.6 Å². The van der Waals surface area contributed by atoms with Gasteiger partial charge in [0.25, 0.3) is 0 Å². The van der Waals surface area contributed by atoms with Crippen LogP contribution in [0.4, 0.5) is 4.39 Å². The van der Waals surface area contributed by atoms with Crippen molar-refractivity contribution in [2.45, 2.75) is 6.61 Å². The third-order valence-corrected chi connectivity index (χ3v) is 1.72. The molecule has 14 heavy (non-hydrogen) atoms. The van der Waals surface area contributed by atoms with E-state index in [2.05, 4.69) is 0 Å². The first-order valence-corrected chi connectivity index (χ1v) is 4.29. The van der Waals surface area contributed by atoms with Gasteiger partial charge in [0.05, 0.1) is 13.2 Å². The fourth-order valence-corrected chi connectivity index (χ4v) is 0.992. The predicted octanol–water partition coefficient (Wildman–Crippen LogP) is 1.34. The number of aliphatic hydroxyl groups is 1. The third-order valence-electron chi connectivity index (χ3n) is 1.72. The van der Waals surface area contributed by atoms with E-state index in [9.17, 15) is 4.39 Å². The maximum absolute atomic E-state index is 13.1. The number of ether oxygens (including phenoxy) is 2. The smallest absolute Gasteiger partial charge is 0.165 e. The van der Waals surface area contributed by atoms with E-state index in [4.69, 9.17) is 14.6 Å². The second-order valence-corrected chi connectivity index (χ2v) is 2.76. The van der Waals surface area contributed by atoms with Gasteiger partial charge in [-0.05, 0) is 17.7 Å². The van der Waals surface area contributed by atoms with Gasteiger partial charge in [0.2, 0.25) is 0 Å². The van der Waals surface area contributed by atoms with Crippen LogP contribution in [0.15, 0.2) is 18.2 Å². The molecule has 0 aliphatic rings. The molecular formula is C10H13FO3. The maximum Gasteiger partial charge on any atom is 0.165 e. The van der Waals surface area contributed by atoms with Gasteiger partial charge >= 0.3 is 0 Å².